The van der Waals surface area contributed by atoms with E-state index in [1.165, 1.54) is 57.8 Å². The number of rotatable bonds is 17. The van der Waals surface area contributed by atoms with Crippen molar-refractivity contribution in [2.24, 2.45) is 0 Å². The molecule has 1 N–H and O–H groups in total. The number of nitrogens with one attached hydrogen (secondary N) is 1. The van der Waals surface area contributed by atoms with E-state index in [1.54, 1.807) is 0 Å². The van der Waals surface area contributed by atoms with Crippen molar-refractivity contribution in [3.05, 3.63) is 0 Å². The Bertz CT molecular complexity index is 316. The van der Waals surface area contributed by atoms with Crippen molar-refractivity contribution in [2.75, 3.05) is 33.0 Å². The molecule has 0 bridgehead atoms. The highest BCUT2D eigenvalue weighted by molar-refractivity contribution is 5.67. The molecular formula is C21H43NO4. The number of carbonyl (C=O) groups is 1. The van der Waals surface area contributed by atoms with Crippen LogP contribution in [-0.2, 0) is 14.2 Å². The third-order valence-corrected chi connectivity index (χ3v) is 3.93. The molecule has 0 fully saturated rings. The molecule has 0 saturated heterocycles. The van der Waals surface area contributed by atoms with Gasteiger partial charge in [0.15, 0.2) is 0 Å². The molecule has 156 valence electrons. The molecule has 0 aliphatic heterocycles. The molecule has 26 heavy (non-hydrogen) atoms. The summed E-state index contributed by atoms with van der Waals surface area (Å²) in [4.78, 5) is 11.4. The lowest BCUT2D eigenvalue weighted by Gasteiger charge is -2.19. The SMILES string of the molecule is CCCCCCCCCCCCOCCOCCNC(=O)OC(C)(C)C. The molecule has 0 aliphatic rings. The average molecular weight is 374 g/mol. The van der Waals surface area contributed by atoms with Gasteiger partial charge in [-0.1, -0.05) is 64.7 Å². The number of amides is 1. The smallest absolute Gasteiger partial charge is 0.407 e. The molecule has 0 unspecified atom stereocenters. The molecule has 5 heteroatoms. The number of carbonyl (C=O) groups excluding carboxylic acids is 1. The second-order valence-electron chi connectivity index (χ2n) is 7.84. The molecule has 0 radical (unpaired) electrons. The monoisotopic (exact) mass is 373 g/mol. The minimum absolute atomic E-state index is 0.404. The Morgan fingerprint density at radius 2 is 1.23 bits per heavy atom. The van der Waals surface area contributed by atoms with E-state index in [1.807, 2.05) is 20.8 Å². The van der Waals surface area contributed by atoms with Gasteiger partial charge < -0.3 is 19.5 Å². The van der Waals surface area contributed by atoms with Crippen LogP contribution in [0, 0.1) is 0 Å². The predicted molar refractivity (Wildman–Crippen MR) is 108 cm³/mol. The first-order valence-electron chi connectivity index (χ1n) is 10.6. The van der Waals surface area contributed by atoms with Gasteiger partial charge in [0, 0.05) is 13.2 Å². The van der Waals surface area contributed by atoms with Crippen molar-refractivity contribution >= 4 is 6.09 Å². The maximum Gasteiger partial charge on any atom is 0.407 e. The summed E-state index contributed by atoms with van der Waals surface area (Å²) in [6.07, 6.45) is 13.0. The van der Waals surface area contributed by atoms with Gasteiger partial charge in [-0.3, -0.25) is 0 Å². The third kappa shape index (κ3) is 21.2. The molecule has 0 aromatic rings. The number of hydrogen-bond acceptors (Lipinski definition) is 4. The Morgan fingerprint density at radius 3 is 1.77 bits per heavy atom. The fraction of sp³-hybridized carbons (Fsp3) is 0.952. The van der Waals surface area contributed by atoms with Crippen LogP contribution in [0.4, 0.5) is 4.79 Å². The van der Waals surface area contributed by atoms with Gasteiger partial charge in [-0.25, -0.2) is 4.79 Å². The quantitative estimate of drug-likeness (QED) is 0.344. The minimum atomic E-state index is -0.465. The number of alkyl carbamates (subject to hydrolysis) is 1. The zero-order chi connectivity index (χ0) is 19.5. The van der Waals surface area contributed by atoms with Gasteiger partial charge in [0.1, 0.15) is 5.60 Å². The van der Waals surface area contributed by atoms with Crippen LogP contribution in [0.1, 0.15) is 91.9 Å². The van der Waals surface area contributed by atoms with E-state index in [2.05, 4.69) is 12.2 Å². The fourth-order valence-corrected chi connectivity index (χ4v) is 2.55. The molecule has 5 nitrogen and oxygen atoms in total. The maximum atomic E-state index is 11.4. The highest BCUT2D eigenvalue weighted by atomic mass is 16.6. The summed E-state index contributed by atoms with van der Waals surface area (Å²) in [6.45, 7) is 10.7. The van der Waals surface area contributed by atoms with E-state index in [-0.39, 0.29) is 0 Å². The van der Waals surface area contributed by atoms with E-state index in [4.69, 9.17) is 14.2 Å². The first-order chi connectivity index (χ1) is 12.5. The summed E-state index contributed by atoms with van der Waals surface area (Å²) in [5.41, 5.74) is -0.465. The molecule has 0 aliphatic carbocycles. The van der Waals surface area contributed by atoms with Crippen molar-refractivity contribution < 1.29 is 19.0 Å². The molecule has 0 aromatic carbocycles. The van der Waals surface area contributed by atoms with Crippen LogP contribution in [0.25, 0.3) is 0 Å². The second kappa shape index (κ2) is 17.6. The lowest BCUT2D eigenvalue weighted by molar-refractivity contribution is 0.0390. The molecule has 0 atom stereocenters. The topological polar surface area (TPSA) is 56.8 Å². The highest BCUT2D eigenvalue weighted by Crippen LogP contribution is 2.10. The van der Waals surface area contributed by atoms with Gasteiger partial charge in [0.05, 0.1) is 19.8 Å². The summed E-state index contributed by atoms with van der Waals surface area (Å²) in [5.74, 6) is 0. The Hall–Kier alpha value is -0.810. The maximum absolute atomic E-state index is 11.4. The molecule has 0 heterocycles. The van der Waals surface area contributed by atoms with Crippen LogP contribution in [0.3, 0.4) is 0 Å². The van der Waals surface area contributed by atoms with Gasteiger partial charge in [-0.15, -0.1) is 0 Å². The predicted octanol–water partition coefficient (Wildman–Crippen LogP) is 5.47. The van der Waals surface area contributed by atoms with Gasteiger partial charge >= 0.3 is 6.09 Å². The Labute approximate surface area is 161 Å². The third-order valence-electron chi connectivity index (χ3n) is 3.93. The summed E-state index contributed by atoms with van der Waals surface area (Å²) in [7, 11) is 0. The number of hydrogen-bond donors (Lipinski definition) is 1. The van der Waals surface area contributed by atoms with E-state index in [9.17, 15) is 4.79 Å². The largest absolute Gasteiger partial charge is 0.444 e. The van der Waals surface area contributed by atoms with Crippen LogP contribution in [0.5, 0.6) is 0 Å². The summed E-state index contributed by atoms with van der Waals surface area (Å²) in [6, 6.07) is 0. The lowest BCUT2D eigenvalue weighted by Crippen LogP contribution is -2.34. The first-order valence-corrected chi connectivity index (χ1v) is 10.6. The van der Waals surface area contributed by atoms with Crippen LogP contribution >= 0.6 is 0 Å². The molecule has 1 amide bonds. The van der Waals surface area contributed by atoms with Crippen LogP contribution in [-0.4, -0.2) is 44.7 Å². The summed E-state index contributed by atoms with van der Waals surface area (Å²) >= 11 is 0. The second-order valence-corrected chi connectivity index (χ2v) is 7.84. The number of ether oxygens (including phenoxy) is 3. The summed E-state index contributed by atoms with van der Waals surface area (Å²) < 4.78 is 16.1. The Morgan fingerprint density at radius 1 is 0.731 bits per heavy atom. The van der Waals surface area contributed by atoms with Crippen LogP contribution in [0.15, 0.2) is 0 Å². The van der Waals surface area contributed by atoms with Gasteiger partial charge in [-0.2, -0.15) is 0 Å². The van der Waals surface area contributed by atoms with E-state index in [0.717, 1.165) is 13.0 Å². The minimum Gasteiger partial charge on any atom is -0.444 e. The van der Waals surface area contributed by atoms with E-state index in [0.29, 0.717) is 26.4 Å². The Kier molecular flexibility index (Phi) is 17.0. The van der Waals surface area contributed by atoms with Crippen molar-refractivity contribution in [1.82, 2.24) is 5.32 Å². The normalized spacial score (nSPS) is 11.5. The zero-order valence-corrected chi connectivity index (χ0v) is 17.7. The molecule has 0 spiro atoms. The van der Waals surface area contributed by atoms with Crippen molar-refractivity contribution in [1.29, 1.82) is 0 Å². The highest BCUT2D eigenvalue weighted by Gasteiger charge is 2.15. The molecule has 0 rings (SSSR count). The van der Waals surface area contributed by atoms with Crippen molar-refractivity contribution in [2.45, 2.75) is 97.5 Å². The Balaban J connectivity index is 3.12. The standard InChI is InChI=1S/C21H43NO4/c1-5-6-7-8-9-10-11-12-13-14-16-24-18-19-25-17-15-22-20(23)26-21(2,3)4/h5-19H2,1-4H3,(H,22,23). The van der Waals surface area contributed by atoms with E-state index < -0.39 is 11.7 Å². The lowest BCUT2D eigenvalue weighted by atomic mass is 10.1. The molecule has 0 saturated carbocycles. The van der Waals surface area contributed by atoms with Crippen molar-refractivity contribution in [3.8, 4) is 0 Å². The van der Waals surface area contributed by atoms with Crippen LogP contribution in [0.2, 0.25) is 0 Å². The van der Waals surface area contributed by atoms with Gasteiger partial charge in [0.25, 0.3) is 0 Å². The van der Waals surface area contributed by atoms with Gasteiger partial charge in [-0.05, 0) is 27.2 Å². The summed E-state index contributed by atoms with van der Waals surface area (Å²) in [5, 5.41) is 2.66. The first kappa shape index (κ1) is 25.2. The zero-order valence-electron chi connectivity index (χ0n) is 17.7. The molecule has 0 aromatic heterocycles. The fourth-order valence-electron chi connectivity index (χ4n) is 2.55. The van der Waals surface area contributed by atoms with Gasteiger partial charge in [0.2, 0.25) is 0 Å². The van der Waals surface area contributed by atoms with Crippen molar-refractivity contribution in [3.63, 3.8) is 0 Å². The van der Waals surface area contributed by atoms with E-state index >= 15 is 0 Å². The average Bonchev–Trinajstić information content (AvgIpc) is 2.56. The number of unbranched alkanes of at least 4 members (excludes halogenated alkanes) is 9. The molecular weight excluding hydrogens is 330 g/mol. The van der Waals surface area contributed by atoms with Crippen LogP contribution < -0.4 is 5.32 Å².